The predicted octanol–water partition coefficient (Wildman–Crippen LogP) is 0.991. The third-order valence-electron chi connectivity index (χ3n) is 11.6. The maximum absolute atomic E-state index is 13.5. The third-order valence-corrected chi connectivity index (χ3v) is 11.6. The van der Waals surface area contributed by atoms with Crippen LogP contribution in [0.1, 0.15) is 48.0 Å². The fourth-order valence-electron chi connectivity index (χ4n) is 8.81. The Morgan fingerprint density at radius 3 is 2.38 bits per heavy atom. The lowest BCUT2D eigenvalue weighted by Crippen LogP contribution is -2.69. The molecule has 12 atom stereocenters. The van der Waals surface area contributed by atoms with Gasteiger partial charge in [0.15, 0.2) is 23.3 Å². The molecule has 1 saturated heterocycles. The van der Waals surface area contributed by atoms with Crippen LogP contribution in [-0.2, 0) is 38.1 Å². The molecule has 1 heterocycles. The van der Waals surface area contributed by atoms with Crippen molar-refractivity contribution in [3.8, 4) is 0 Å². The van der Waals surface area contributed by atoms with Gasteiger partial charge in [-0.1, -0.05) is 52.8 Å². The fraction of sp³-hybridized carbons (Fsp3) is 0.727. The molecule has 3 saturated carbocycles. The van der Waals surface area contributed by atoms with E-state index in [9.17, 15) is 34.8 Å². The van der Waals surface area contributed by atoms with Crippen molar-refractivity contribution in [2.45, 2.75) is 95.0 Å². The molecule has 0 aromatic carbocycles. The molecule has 0 spiro atoms. The monoisotopic (exact) mass is 634 g/mol. The van der Waals surface area contributed by atoms with Crippen LogP contribution in [-0.4, -0.2) is 106 Å². The zero-order valence-electron chi connectivity index (χ0n) is 27.1. The van der Waals surface area contributed by atoms with Gasteiger partial charge in [-0.15, -0.1) is 0 Å². The Morgan fingerprint density at radius 2 is 1.80 bits per heavy atom. The van der Waals surface area contributed by atoms with Gasteiger partial charge < -0.3 is 44.1 Å². The summed E-state index contributed by atoms with van der Waals surface area (Å²) < 4.78 is 28.6. The Labute approximate surface area is 263 Å². The van der Waals surface area contributed by atoms with Gasteiger partial charge in [-0.25, -0.2) is 4.79 Å². The first-order valence-corrected chi connectivity index (χ1v) is 15.5. The number of carbonyl (C=O) groups excluding carboxylic acids is 3. The Kier molecular flexibility index (Phi) is 8.34. The van der Waals surface area contributed by atoms with E-state index >= 15 is 0 Å². The molecule has 250 valence electrons. The Balaban J connectivity index is 1.63. The van der Waals surface area contributed by atoms with Crippen LogP contribution in [0.4, 0.5) is 0 Å². The number of ether oxygens (including phenoxy) is 5. The molecule has 12 nitrogen and oxygen atoms in total. The quantitative estimate of drug-likeness (QED) is 0.0881. The standard InChI is InChI=1S/C33H46O12/c1-9-16(2)27(37)45-33-23(29(33,5)6)22-26-30(15-34,44-26)28(38)32(40)19(14-17(3)24(32)36)31(22,39)18(4)25(33)43-20(35)12-10-11-13-21(41-7)42-8/h10-14,16,18-19,21-23,25-26,28,34,38-40H,9,15H2,1-8H3/b12-10+,13-11+. The molecule has 45 heavy (non-hydrogen) atoms. The molecule has 0 radical (unpaired) electrons. The topological polar surface area (TPSA) is 182 Å². The molecule has 4 aliphatic carbocycles. The fourth-order valence-corrected chi connectivity index (χ4v) is 8.81. The van der Waals surface area contributed by atoms with Crippen molar-refractivity contribution in [3.63, 3.8) is 0 Å². The van der Waals surface area contributed by atoms with Crippen molar-refractivity contribution >= 4 is 17.7 Å². The number of epoxide rings is 1. The highest BCUT2D eigenvalue weighted by molar-refractivity contribution is 6.05. The summed E-state index contributed by atoms with van der Waals surface area (Å²) in [5, 5.41) is 47.1. The maximum atomic E-state index is 13.5. The van der Waals surface area contributed by atoms with Crippen LogP contribution in [0.25, 0.3) is 0 Å². The van der Waals surface area contributed by atoms with Gasteiger partial charge in [0.05, 0.1) is 24.2 Å². The number of ketones is 1. The minimum Gasteiger partial charge on any atom is -0.455 e. The number of esters is 2. The molecule has 12 heteroatoms. The van der Waals surface area contributed by atoms with E-state index in [1.165, 1.54) is 39.4 Å². The van der Waals surface area contributed by atoms with Crippen LogP contribution in [0.3, 0.4) is 0 Å². The SMILES string of the molecule is CCC(C)C(=O)OC12C(OC(=O)/C=C/C=C/C(OC)OC)C(C)C3(O)C(C4OC4(CO)C(O)C4(O)C(=O)C(C)=CC43)C1C2(C)C. The summed E-state index contributed by atoms with van der Waals surface area (Å²) in [6.45, 7) is 9.64. The lowest BCUT2D eigenvalue weighted by atomic mass is 9.58. The van der Waals surface area contributed by atoms with Gasteiger partial charge in [-0.3, -0.25) is 9.59 Å². The van der Waals surface area contributed by atoms with Crippen LogP contribution in [0.5, 0.6) is 0 Å². The number of Topliss-reactive ketones (excluding diaryl/α,β-unsaturated/α-hetero) is 1. The van der Waals surface area contributed by atoms with E-state index in [1.807, 2.05) is 20.8 Å². The van der Waals surface area contributed by atoms with Gasteiger partial charge in [0.1, 0.15) is 17.8 Å². The summed E-state index contributed by atoms with van der Waals surface area (Å²) in [5.41, 5.74) is -8.46. The van der Waals surface area contributed by atoms with Gasteiger partial charge in [0.25, 0.3) is 0 Å². The number of aliphatic hydroxyl groups is 4. The zero-order chi connectivity index (χ0) is 33.5. The number of hydrogen-bond donors (Lipinski definition) is 4. The molecule has 12 unspecified atom stereocenters. The molecule has 5 aliphatic rings. The number of allylic oxidation sites excluding steroid dienone is 2. The summed E-state index contributed by atoms with van der Waals surface area (Å²) in [4.78, 5) is 40.3. The Hall–Kier alpha value is -2.45. The lowest BCUT2D eigenvalue weighted by Gasteiger charge is -2.53. The smallest absolute Gasteiger partial charge is 0.331 e. The number of aliphatic hydroxyl groups excluding tert-OH is 2. The van der Waals surface area contributed by atoms with Crippen molar-refractivity contribution in [3.05, 3.63) is 36.0 Å². The molecular weight excluding hydrogens is 588 g/mol. The second-order valence-corrected chi connectivity index (χ2v) is 13.9. The molecule has 4 fully saturated rings. The van der Waals surface area contributed by atoms with E-state index in [2.05, 4.69) is 0 Å². The van der Waals surface area contributed by atoms with E-state index in [0.717, 1.165) is 0 Å². The molecule has 0 bridgehead atoms. The molecule has 5 rings (SSSR count). The minimum atomic E-state index is -2.52. The summed E-state index contributed by atoms with van der Waals surface area (Å²) in [7, 11) is 2.93. The highest BCUT2D eigenvalue weighted by Crippen LogP contribution is 2.80. The highest BCUT2D eigenvalue weighted by atomic mass is 16.7. The van der Waals surface area contributed by atoms with Crippen LogP contribution >= 0.6 is 0 Å². The molecule has 0 amide bonds. The van der Waals surface area contributed by atoms with Crippen molar-refractivity contribution in [1.82, 2.24) is 0 Å². The second-order valence-electron chi connectivity index (χ2n) is 13.9. The van der Waals surface area contributed by atoms with Gasteiger partial charge in [0.2, 0.25) is 0 Å². The average molecular weight is 635 g/mol. The molecule has 0 aromatic rings. The maximum Gasteiger partial charge on any atom is 0.331 e. The first-order chi connectivity index (χ1) is 21.0. The summed E-state index contributed by atoms with van der Waals surface area (Å²) in [6.07, 6.45) is 2.94. The molecular formula is C33H46O12. The van der Waals surface area contributed by atoms with Crippen LogP contribution in [0.2, 0.25) is 0 Å². The predicted molar refractivity (Wildman–Crippen MR) is 157 cm³/mol. The molecule has 0 aromatic heterocycles. The number of carbonyl (C=O) groups is 3. The average Bonchev–Trinajstić information content (AvgIpc) is 3.84. The lowest BCUT2D eigenvalue weighted by molar-refractivity contribution is -0.244. The van der Waals surface area contributed by atoms with Crippen LogP contribution < -0.4 is 0 Å². The first-order valence-electron chi connectivity index (χ1n) is 15.5. The Bertz CT molecular complexity index is 1330. The highest BCUT2D eigenvalue weighted by Gasteiger charge is 2.93. The zero-order valence-corrected chi connectivity index (χ0v) is 27.1. The number of methoxy groups -OCH3 is 2. The summed E-state index contributed by atoms with van der Waals surface area (Å²) in [5.74, 6) is -6.58. The van der Waals surface area contributed by atoms with Gasteiger partial charge in [-0.2, -0.15) is 0 Å². The number of rotatable bonds is 10. The van der Waals surface area contributed by atoms with Crippen molar-refractivity contribution in [2.75, 3.05) is 20.8 Å². The van der Waals surface area contributed by atoms with Gasteiger partial charge in [-0.05, 0) is 25.0 Å². The van der Waals surface area contributed by atoms with E-state index in [1.54, 1.807) is 26.0 Å². The number of hydrogen-bond acceptors (Lipinski definition) is 12. The van der Waals surface area contributed by atoms with Crippen LogP contribution in [0.15, 0.2) is 36.0 Å². The molecule has 1 aliphatic heterocycles. The van der Waals surface area contributed by atoms with Crippen LogP contribution in [0, 0.1) is 35.0 Å². The van der Waals surface area contributed by atoms with Crippen molar-refractivity contribution in [1.29, 1.82) is 0 Å². The minimum absolute atomic E-state index is 0.136. The van der Waals surface area contributed by atoms with E-state index in [-0.39, 0.29) is 5.57 Å². The Morgan fingerprint density at radius 1 is 1.16 bits per heavy atom. The second kappa shape index (κ2) is 11.1. The summed E-state index contributed by atoms with van der Waals surface area (Å²) in [6, 6.07) is 0. The first kappa shape index (κ1) is 33.9. The molecule has 4 N–H and O–H groups in total. The van der Waals surface area contributed by atoms with Gasteiger partial charge in [0, 0.05) is 49.4 Å². The normalized spacial score (nSPS) is 44.9. The van der Waals surface area contributed by atoms with E-state index in [0.29, 0.717) is 6.42 Å². The van der Waals surface area contributed by atoms with Gasteiger partial charge >= 0.3 is 11.9 Å². The summed E-state index contributed by atoms with van der Waals surface area (Å²) >= 11 is 0. The van der Waals surface area contributed by atoms with E-state index in [4.69, 9.17) is 23.7 Å². The van der Waals surface area contributed by atoms with Crippen molar-refractivity contribution in [2.24, 2.45) is 35.0 Å². The van der Waals surface area contributed by atoms with Crippen molar-refractivity contribution < 1.29 is 58.5 Å². The third kappa shape index (κ3) is 4.33. The number of fused-ring (bicyclic) bond motifs is 7. The largest absolute Gasteiger partial charge is 0.455 e. The van der Waals surface area contributed by atoms with E-state index < -0.39 is 106 Å².